The average molecular weight is 414 g/mol. The van der Waals surface area contributed by atoms with Gasteiger partial charge in [-0.3, -0.25) is 9.59 Å². The Morgan fingerprint density at radius 2 is 1.63 bits per heavy atom. The van der Waals surface area contributed by atoms with Crippen molar-refractivity contribution in [3.05, 3.63) is 23.8 Å². The number of benzene rings is 1. The largest absolute Gasteiger partial charge is 0.377 e. The first-order valence-corrected chi connectivity index (χ1v) is 11.8. The summed E-state index contributed by atoms with van der Waals surface area (Å²) in [4.78, 5) is 29.9. The van der Waals surface area contributed by atoms with Gasteiger partial charge in [0.25, 0.3) is 0 Å². The van der Waals surface area contributed by atoms with Crippen LogP contribution in [0, 0.1) is 11.8 Å². The number of anilines is 2. The summed E-state index contributed by atoms with van der Waals surface area (Å²) in [6.45, 7) is 4.58. The Morgan fingerprint density at radius 1 is 1.00 bits per heavy atom. The van der Waals surface area contributed by atoms with E-state index < -0.39 is 0 Å². The third-order valence-corrected chi connectivity index (χ3v) is 6.69. The molecule has 0 bridgehead atoms. The van der Waals surface area contributed by atoms with Crippen LogP contribution in [0.2, 0.25) is 0 Å². The highest BCUT2D eigenvalue weighted by Gasteiger charge is 2.28. The SMILES string of the molecule is CC(C)C(=O)N(Cc1cc(NC(=O)C2CCCC2)ccc1N(C)C)C1CCCCC1. The van der Waals surface area contributed by atoms with Crippen molar-refractivity contribution in [2.45, 2.75) is 84.2 Å². The van der Waals surface area contributed by atoms with E-state index in [1.165, 1.54) is 19.3 Å². The molecule has 5 nitrogen and oxygen atoms in total. The number of hydrogen-bond donors (Lipinski definition) is 1. The van der Waals surface area contributed by atoms with Crippen LogP contribution in [0.4, 0.5) is 11.4 Å². The van der Waals surface area contributed by atoms with Crippen LogP contribution in [0.15, 0.2) is 18.2 Å². The molecule has 2 fully saturated rings. The zero-order valence-electron chi connectivity index (χ0n) is 19.2. The summed E-state index contributed by atoms with van der Waals surface area (Å²) in [7, 11) is 4.07. The maximum Gasteiger partial charge on any atom is 0.227 e. The van der Waals surface area contributed by atoms with Crippen molar-refractivity contribution in [1.82, 2.24) is 4.90 Å². The first-order chi connectivity index (χ1) is 14.4. The summed E-state index contributed by atoms with van der Waals surface area (Å²) in [5.41, 5.74) is 3.04. The minimum Gasteiger partial charge on any atom is -0.377 e. The van der Waals surface area contributed by atoms with Crippen molar-refractivity contribution in [3.8, 4) is 0 Å². The fraction of sp³-hybridized carbons (Fsp3) is 0.680. The quantitative estimate of drug-likeness (QED) is 0.668. The predicted molar refractivity (Wildman–Crippen MR) is 124 cm³/mol. The summed E-state index contributed by atoms with van der Waals surface area (Å²) in [5.74, 6) is 0.494. The van der Waals surface area contributed by atoms with Gasteiger partial charge in [0.05, 0.1) is 0 Å². The third kappa shape index (κ3) is 5.55. The molecule has 2 saturated carbocycles. The maximum atomic E-state index is 13.1. The maximum absolute atomic E-state index is 13.1. The Hall–Kier alpha value is -2.04. The van der Waals surface area contributed by atoms with Crippen LogP contribution in [0.25, 0.3) is 0 Å². The highest BCUT2D eigenvalue weighted by Crippen LogP contribution is 2.31. The number of nitrogens with one attached hydrogen (secondary N) is 1. The van der Waals surface area contributed by atoms with Crippen LogP contribution in [0.3, 0.4) is 0 Å². The highest BCUT2D eigenvalue weighted by atomic mass is 16.2. The molecule has 2 amide bonds. The minimum absolute atomic E-state index is 0.0139. The number of hydrogen-bond acceptors (Lipinski definition) is 3. The standard InChI is InChI=1S/C25H39N3O2/c1-18(2)25(30)28(22-12-6-5-7-13-22)17-20-16-21(14-15-23(20)27(3)4)26-24(29)19-10-8-9-11-19/h14-16,18-19,22H,5-13,17H2,1-4H3,(H,26,29). The van der Waals surface area contributed by atoms with E-state index in [0.29, 0.717) is 12.6 Å². The molecule has 0 heterocycles. The van der Waals surface area contributed by atoms with Crippen molar-refractivity contribution >= 4 is 23.2 Å². The fourth-order valence-corrected chi connectivity index (χ4v) is 4.95. The molecule has 3 rings (SSSR count). The molecule has 2 aliphatic carbocycles. The van der Waals surface area contributed by atoms with Gasteiger partial charge in [-0.25, -0.2) is 0 Å². The molecule has 1 aromatic carbocycles. The van der Waals surface area contributed by atoms with Crippen LogP contribution in [0.1, 0.15) is 77.2 Å². The topological polar surface area (TPSA) is 52.7 Å². The van der Waals surface area contributed by atoms with Crippen molar-refractivity contribution in [2.75, 3.05) is 24.3 Å². The second kappa shape index (κ2) is 10.3. The molecular formula is C25H39N3O2. The van der Waals surface area contributed by atoms with Crippen LogP contribution in [0.5, 0.6) is 0 Å². The van der Waals surface area contributed by atoms with Crippen LogP contribution < -0.4 is 10.2 Å². The van der Waals surface area contributed by atoms with E-state index in [-0.39, 0.29) is 23.7 Å². The summed E-state index contributed by atoms with van der Waals surface area (Å²) in [6, 6.07) is 6.45. The molecule has 0 aromatic heterocycles. The second-order valence-corrected chi connectivity index (χ2v) is 9.62. The number of carbonyl (C=O) groups is 2. The van der Waals surface area contributed by atoms with E-state index in [2.05, 4.69) is 27.2 Å². The lowest BCUT2D eigenvalue weighted by molar-refractivity contribution is -0.138. The van der Waals surface area contributed by atoms with Crippen molar-refractivity contribution < 1.29 is 9.59 Å². The van der Waals surface area contributed by atoms with E-state index in [1.807, 2.05) is 34.0 Å². The van der Waals surface area contributed by atoms with Crippen LogP contribution in [-0.4, -0.2) is 36.9 Å². The molecule has 5 heteroatoms. The van der Waals surface area contributed by atoms with Gasteiger partial charge < -0.3 is 15.1 Å². The second-order valence-electron chi connectivity index (χ2n) is 9.62. The molecule has 0 atom stereocenters. The summed E-state index contributed by atoms with van der Waals surface area (Å²) >= 11 is 0. The molecule has 30 heavy (non-hydrogen) atoms. The monoisotopic (exact) mass is 413 g/mol. The molecule has 1 N–H and O–H groups in total. The molecule has 0 radical (unpaired) electrons. The van der Waals surface area contributed by atoms with Gasteiger partial charge in [0.15, 0.2) is 0 Å². The first-order valence-electron chi connectivity index (χ1n) is 11.8. The van der Waals surface area contributed by atoms with Gasteiger partial charge in [-0.2, -0.15) is 0 Å². The van der Waals surface area contributed by atoms with Crippen LogP contribution in [-0.2, 0) is 16.1 Å². The highest BCUT2D eigenvalue weighted by molar-refractivity contribution is 5.93. The molecule has 0 unspecified atom stereocenters. The Kier molecular flexibility index (Phi) is 7.79. The van der Waals surface area contributed by atoms with Gasteiger partial charge >= 0.3 is 0 Å². The van der Waals surface area contributed by atoms with Gasteiger partial charge in [0.1, 0.15) is 0 Å². The van der Waals surface area contributed by atoms with Gasteiger partial charge in [-0.05, 0) is 49.4 Å². The molecule has 0 aliphatic heterocycles. The Bertz CT molecular complexity index is 732. The molecule has 166 valence electrons. The number of carbonyl (C=O) groups excluding carboxylic acids is 2. The number of amides is 2. The molecule has 0 saturated heterocycles. The van der Waals surface area contributed by atoms with E-state index in [4.69, 9.17) is 0 Å². The van der Waals surface area contributed by atoms with Crippen molar-refractivity contribution in [3.63, 3.8) is 0 Å². The third-order valence-electron chi connectivity index (χ3n) is 6.69. The normalized spacial score (nSPS) is 17.9. The van der Waals surface area contributed by atoms with Gasteiger partial charge in [-0.15, -0.1) is 0 Å². The summed E-state index contributed by atoms with van der Waals surface area (Å²) in [6.07, 6.45) is 10.1. The van der Waals surface area contributed by atoms with E-state index in [1.54, 1.807) is 0 Å². The predicted octanol–water partition coefficient (Wildman–Crippen LogP) is 5.20. The molecular weight excluding hydrogens is 374 g/mol. The van der Waals surface area contributed by atoms with E-state index in [9.17, 15) is 9.59 Å². The Labute approximate surface area is 182 Å². The lowest BCUT2D eigenvalue weighted by atomic mass is 9.92. The Morgan fingerprint density at radius 3 is 2.23 bits per heavy atom. The van der Waals surface area contributed by atoms with E-state index >= 15 is 0 Å². The smallest absolute Gasteiger partial charge is 0.227 e. The van der Waals surface area contributed by atoms with Crippen LogP contribution >= 0.6 is 0 Å². The summed E-state index contributed by atoms with van der Waals surface area (Å²) < 4.78 is 0. The fourth-order valence-electron chi connectivity index (χ4n) is 4.95. The number of rotatable bonds is 7. The number of nitrogens with zero attached hydrogens (tertiary/aromatic N) is 2. The lowest BCUT2D eigenvalue weighted by Crippen LogP contribution is -2.43. The Balaban J connectivity index is 1.84. The molecule has 2 aliphatic rings. The minimum atomic E-state index is -0.0139. The zero-order valence-corrected chi connectivity index (χ0v) is 19.2. The lowest BCUT2D eigenvalue weighted by Gasteiger charge is -2.36. The van der Waals surface area contributed by atoms with Crippen molar-refractivity contribution in [1.29, 1.82) is 0 Å². The van der Waals surface area contributed by atoms with Gasteiger partial charge in [0.2, 0.25) is 11.8 Å². The van der Waals surface area contributed by atoms with Crippen molar-refractivity contribution in [2.24, 2.45) is 11.8 Å². The first kappa shape index (κ1) is 22.6. The average Bonchev–Trinajstić information content (AvgIpc) is 3.27. The summed E-state index contributed by atoms with van der Waals surface area (Å²) in [5, 5.41) is 3.13. The molecule has 1 aromatic rings. The van der Waals surface area contributed by atoms with Gasteiger partial charge in [-0.1, -0.05) is 46.0 Å². The van der Waals surface area contributed by atoms with E-state index in [0.717, 1.165) is 55.5 Å². The van der Waals surface area contributed by atoms with Gasteiger partial charge in [0, 0.05) is 49.9 Å². The molecule has 0 spiro atoms. The zero-order chi connectivity index (χ0) is 21.7.